The van der Waals surface area contributed by atoms with E-state index >= 15 is 0 Å². The first-order chi connectivity index (χ1) is 18.6. The van der Waals surface area contributed by atoms with Crippen molar-refractivity contribution >= 4 is 40.3 Å². The molecule has 7 nitrogen and oxygen atoms in total. The van der Waals surface area contributed by atoms with Gasteiger partial charge in [0.05, 0.1) is 30.8 Å². The number of hydrogen-bond donors (Lipinski definition) is 1. The molecule has 0 bridgehead atoms. The van der Waals surface area contributed by atoms with Gasteiger partial charge in [0.15, 0.2) is 0 Å². The van der Waals surface area contributed by atoms with Gasteiger partial charge in [-0.3, -0.25) is 4.79 Å². The van der Waals surface area contributed by atoms with E-state index in [0.29, 0.717) is 31.7 Å². The van der Waals surface area contributed by atoms with Crippen molar-refractivity contribution in [3.63, 3.8) is 0 Å². The first-order valence-corrected chi connectivity index (χ1v) is 13.1. The Morgan fingerprint density at radius 1 is 1.10 bits per heavy atom. The first-order valence-electron chi connectivity index (χ1n) is 12.2. The Balaban J connectivity index is 1.59. The standard InChI is InChI=1S/C27H26F4N4O3S/c1-16-3-6-18(7-4-16)33-9-11-34(12-10-33)26-32-24-19(15-39-25(24)28)20(14-23(36)37)35(26)21-13-17(27(29,30)31)5-8-22(21)38-2/h3-8,13,15,20H,9-12,14H2,1-2H3,(H,36,37). The summed E-state index contributed by atoms with van der Waals surface area (Å²) in [7, 11) is 1.33. The zero-order chi connectivity index (χ0) is 27.9. The second-order valence-electron chi connectivity index (χ2n) is 9.40. The lowest BCUT2D eigenvalue weighted by atomic mass is 10.00. The van der Waals surface area contributed by atoms with Gasteiger partial charge >= 0.3 is 12.1 Å². The average molecular weight is 563 g/mol. The van der Waals surface area contributed by atoms with Gasteiger partial charge in [-0.2, -0.15) is 17.6 Å². The van der Waals surface area contributed by atoms with E-state index in [-0.39, 0.29) is 23.1 Å². The predicted molar refractivity (Wildman–Crippen MR) is 142 cm³/mol. The molecule has 1 aromatic heterocycles. The molecule has 0 radical (unpaired) electrons. The molecule has 0 amide bonds. The summed E-state index contributed by atoms with van der Waals surface area (Å²) in [4.78, 5) is 22.0. The van der Waals surface area contributed by atoms with Crippen LogP contribution in [-0.2, 0) is 11.0 Å². The average Bonchev–Trinajstić information content (AvgIpc) is 3.28. The number of aryl methyl sites for hydroxylation is 1. The molecule has 0 saturated carbocycles. The molecule has 3 aromatic rings. The quantitative estimate of drug-likeness (QED) is 0.381. The molecule has 5 rings (SSSR count). The number of ether oxygens (including phenoxy) is 1. The zero-order valence-electron chi connectivity index (χ0n) is 21.2. The molecule has 2 aliphatic heterocycles. The van der Waals surface area contributed by atoms with Crippen molar-refractivity contribution in [2.24, 2.45) is 4.99 Å². The number of thiophene rings is 1. The van der Waals surface area contributed by atoms with Crippen LogP contribution in [0.3, 0.4) is 0 Å². The number of hydrogen-bond acceptors (Lipinski definition) is 7. The van der Waals surface area contributed by atoms with Gasteiger partial charge in [0.1, 0.15) is 11.4 Å². The molecule has 2 aliphatic rings. The third-order valence-corrected chi connectivity index (χ3v) is 7.71. The van der Waals surface area contributed by atoms with Gasteiger partial charge in [0, 0.05) is 42.8 Å². The van der Waals surface area contributed by atoms with E-state index in [0.717, 1.165) is 34.7 Å². The minimum atomic E-state index is -4.64. The maximum atomic E-state index is 14.8. The molecule has 0 aliphatic carbocycles. The lowest BCUT2D eigenvalue weighted by molar-refractivity contribution is -0.138. The number of fused-ring (bicyclic) bond motifs is 1. The van der Waals surface area contributed by atoms with Crippen molar-refractivity contribution in [2.75, 3.05) is 43.1 Å². The second-order valence-corrected chi connectivity index (χ2v) is 10.2. The van der Waals surface area contributed by atoms with E-state index in [1.165, 1.54) is 23.5 Å². The van der Waals surface area contributed by atoms with Crippen LogP contribution in [0, 0.1) is 12.1 Å². The van der Waals surface area contributed by atoms with Crippen LogP contribution in [-0.4, -0.2) is 55.2 Å². The van der Waals surface area contributed by atoms with Crippen molar-refractivity contribution < 1.29 is 32.2 Å². The monoisotopic (exact) mass is 562 g/mol. The van der Waals surface area contributed by atoms with Crippen molar-refractivity contribution in [1.29, 1.82) is 0 Å². The first kappa shape index (κ1) is 26.8. The second kappa shape index (κ2) is 10.4. The van der Waals surface area contributed by atoms with Crippen molar-refractivity contribution in [1.82, 2.24) is 4.90 Å². The lowest BCUT2D eigenvalue weighted by Gasteiger charge is -2.44. The Hall–Kier alpha value is -3.80. The van der Waals surface area contributed by atoms with Crippen LogP contribution >= 0.6 is 11.3 Å². The smallest absolute Gasteiger partial charge is 0.416 e. The van der Waals surface area contributed by atoms with Crippen LogP contribution in [0.15, 0.2) is 52.8 Å². The summed E-state index contributed by atoms with van der Waals surface area (Å²) in [6.45, 7) is 4.04. The molecule has 1 saturated heterocycles. The fourth-order valence-corrected chi connectivity index (χ4v) is 5.73. The van der Waals surface area contributed by atoms with Crippen molar-refractivity contribution in [2.45, 2.75) is 25.6 Å². The Kier molecular flexibility index (Phi) is 7.15. The van der Waals surface area contributed by atoms with Gasteiger partial charge in [0.25, 0.3) is 0 Å². The third-order valence-electron chi connectivity index (χ3n) is 6.94. The number of guanidine groups is 1. The van der Waals surface area contributed by atoms with Crippen LogP contribution in [0.2, 0.25) is 0 Å². The Bertz CT molecular complexity index is 1400. The fraction of sp³-hybridized carbons (Fsp3) is 0.333. The third kappa shape index (κ3) is 5.25. The molecule has 39 heavy (non-hydrogen) atoms. The predicted octanol–water partition coefficient (Wildman–Crippen LogP) is 6.07. The number of nitrogens with zero attached hydrogens (tertiary/aromatic N) is 4. The molecule has 3 heterocycles. The number of piperazine rings is 1. The van der Waals surface area contributed by atoms with E-state index in [1.807, 2.05) is 36.1 Å². The zero-order valence-corrected chi connectivity index (χ0v) is 22.0. The van der Waals surface area contributed by atoms with Gasteiger partial charge in [-0.1, -0.05) is 17.7 Å². The molecular weight excluding hydrogens is 536 g/mol. The van der Waals surface area contributed by atoms with E-state index < -0.39 is 35.3 Å². The highest BCUT2D eigenvalue weighted by Crippen LogP contribution is 2.47. The summed E-state index contributed by atoms with van der Waals surface area (Å²) in [6, 6.07) is 10.1. The number of halogens is 4. The van der Waals surface area contributed by atoms with Crippen LogP contribution in [0.4, 0.5) is 34.6 Å². The number of rotatable bonds is 5. The van der Waals surface area contributed by atoms with Gasteiger partial charge in [-0.15, -0.1) is 11.3 Å². The summed E-state index contributed by atoms with van der Waals surface area (Å²) in [6.07, 6.45) is -5.12. The molecule has 0 spiro atoms. The molecular formula is C27H26F4N4O3S. The molecule has 1 atom stereocenters. The highest BCUT2D eigenvalue weighted by Gasteiger charge is 2.41. The summed E-state index contributed by atoms with van der Waals surface area (Å²) in [5.74, 6) is -0.880. The molecule has 1 N–H and O–H groups in total. The maximum absolute atomic E-state index is 14.8. The van der Waals surface area contributed by atoms with Crippen LogP contribution < -0.4 is 14.5 Å². The summed E-state index contributed by atoms with van der Waals surface area (Å²) in [5, 5.41) is 10.7. The Labute approximate surface area is 226 Å². The largest absolute Gasteiger partial charge is 0.495 e. The SMILES string of the molecule is COc1ccc(C(F)(F)F)cc1N1C(N2CCN(c3ccc(C)cc3)CC2)=Nc2c(csc2F)C1CC(=O)O. The Morgan fingerprint density at radius 3 is 2.38 bits per heavy atom. The molecule has 206 valence electrons. The minimum absolute atomic E-state index is 0.00977. The van der Waals surface area contributed by atoms with Gasteiger partial charge in [-0.25, -0.2) is 4.99 Å². The molecule has 1 fully saturated rings. The normalized spacial score (nSPS) is 17.6. The lowest BCUT2D eigenvalue weighted by Crippen LogP contribution is -2.55. The number of benzene rings is 2. The van der Waals surface area contributed by atoms with Crippen LogP contribution in [0.1, 0.15) is 29.2 Å². The number of carbonyl (C=O) groups is 1. The summed E-state index contributed by atoms with van der Waals surface area (Å²) < 4.78 is 61.5. The number of alkyl halides is 3. The number of aliphatic carboxylic acids is 1. The summed E-state index contributed by atoms with van der Waals surface area (Å²) in [5.41, 5.74) is 1.59. The van der Waals surface area contributed by atoms with Crippen molar-refractivity contribution in [3.05, 3.63) is 69.7 Å². The number of carboxylic acids is 1. The highest BCUT2D eigenvalue weighted by molar-refractivity contribution is 7.08. The topological polar surface area (TPSA) is 68.6 Å². The maximum Gasteiger partial charge on any atom is 0.416 e. The van der Waals surface area contributed by atoms with Crippen LogP contribution in [0.25, 0.3) is 0 Å². The van der Waals surface area contributed by atoms with Gasteiger partial charge < -0.3 is 24.5 Å². The van der Waals surface area contributed by atoms with Crippen LogP contribution in [0.5, 0.6) is 5.75 Å². The molecule has 12 heteroatoms. The van der Waals surface area contributed by atoms with E-state index in [4.69, 9.17) is 4.74 Å². The number of aliphatic imine (C=N–C) groups is 1. The van der Waals surface area contributed by atoms with Crippen molar-refractivity contribution in [3.8, 4) is 5.75 Å². The minimum Gasteiger partial charge on any atom is -0.495 e. The van der Waals surface area contributed by atoms with E-state index in [1.54, 1.807) is 0 Å². The highest BCUT2D eigenvalue weighted by atomic mass is 32.1. The van der Waals surface area contributed by atoms with E-state index in [2.05, 4.69) is 9.89 Å². The fourth-order valence-electron chi connectivity index (χ4n) is 4.96. The van der Waals surface area contributed by atoms with Gasteiger partial charge in [-0.05, 0) is 37.3 Å². The number of methoxy groups -OCH3 is 1. The number of anilines is 2. The van der Waals surface area contributed by atoms with E-state index in [9.17, 15) is 27.5 Å². The molecule has 2 aromatic carbocycles. The molecule has 1 unspecified atom stereocenters. The summed E-state index contributed by atoms with van der Waals surface area (Å²) >= 11 is 0.782. The number of carboxylic acid groups (broad SMARTS) is 1. The Morgan fingerprint density at radius 2 is 1.77 bits per heavy atom. The van der Waals surface area contributed by atoms with Gasteiger partial charge in [0.2, 0.25) is 11.1 Å².